The Hall–Kier alpha value is -2.08. The SMILES string of the molecule is CCN(CC1CCCO1)C(=O)c1cc(C)c(OCC(=O)O)c(C)c1. The maximum Gasteiger partial charge on any atom is 0.341 e. The maximum absolute atomic E-state index is 12.8. The topological polar surface area (TPSA) is 76.1 Å². The number of amides is 1. The van der Waals surface area contributed by atoms with Gasteiger partial charge in [0.25, 0.3) is 5.91 Å². The molecule has 6 heteroatoms. The van der Waals surface area contributed by atoms with E-state index in [1.807, 2.05) is 20.8 Å². The van der Waals surface area contributed by atoms with Gasteiger partial charge in [-0.15, -0.1) is 0 Å². The number of likely N-dealkylation sites (N-methyl/N-ethyl adjacent to an activating group) is 1. The van der Waals surface area contributed by atoms with E-state index >= 15 is 0 Å². The van der Waals surface area contributed by atoms with Crippen molar-refractivity contribution < 1.29 is 24.2 Å². The lowest BCUT2D eigenvalue weighted by Gasteiger charge is -2.24. The number of benzene rings is 1. The molecule has 1 aromatic carbocycles. The fourth-order valence-corrected chi connectivity index (χ4v) is 3.01. The van der Waals surface area contributed by atoms with Crippen molar-refractivity contribution in [2.45, 2.75) is 39.7 Å². The predicted molar refractivity (Wildman–Crippen MR) is 89.6 cm³/mol. The Labute approximate surface area is 142 Å². The Bertz CT molecular complexity index is 584. The van der Waals surface area contributed by atoms with Crippen LogP contribution in [0.2, 0.25) is 0 Å². The van der Waals surface area contributed by atoms with E-state index in [1.54, 1.807) is 17.0 Å². The number of nitrogens with zero attached hydrogens (tertiary/aromatic N) is 1. The van der Waals surface area contributed by atoms with Gasteiger partial charge < -0.3 is 19.5 Å². The van der Waals surface area contributed by atoms with Crippen LogP contribution in [0.3, 0.4) is 0 Å². The Morgan fingerprint density at radius 1 is 1.33 bits per heavy atom. The monoisotopic (exact) mass is 335 g/mol. The van der Waals surface area contributed by atoms with Crippen LogP contribution < -0.4 is 4.74 Å². The van der Waals surface area contributed by atoms with Crippen LogP contribution in [0.5, 0.6) is 5.75 Å². The molecule has 0 radical (unpaired) electrons. The smallest absolute Gasteiger partial charge is 0.341 e. The van der Waals surface area contributed by atoms with E-state index < -0.39 is 12.6 Å². The first-order valence-corrected chi connectivity index (χ1v) is 8.29. The van der Waals surface area contributed by atoms with E-state index in [9.17, 15) is 9.59 Å². The first-order valence-electron chi connectivity index (χ1n) is 8.29. The van der Waals surface area contributed by atoms with Crippen LogP contribution in [-0.4, -0.2) is 54.3 Å². The Balaban J connectivity index is 2.14. The molecule has 132 valence electrons. The number of carboxylic acid groups (broad SMARTS) is 1. The van der Waals surface area contributed by atoms with Gasteiger partial charge in [-0.3, -0.25) is 4.79 Å². The molecule has 1 fully saturated rings. The molecule has 24 heavy (non-hydrogen) atoms. The van der Waals surface area contributed by atoms with Crippen LogP contribution in [0.4, 0.5) is 0 Å². The molecule has 6 nitrogen and oxygen atoms in total. The molecule has 1 aliphatic rings. The van der Waals surface area contributed by atoms with E-state index in [4.69, 9.17) is 14.6 Å². The second kappa shape index (κ2) is 8.15. The van der Waals surface area contributed by atoms with Crippen molar-refractivity contribution in [1.29, 1.82) is 0 Å². The van der Waals surface area contributed by atoms with Crippen molar-refractivity contribution in [2.24, 2.45) is 0 Å². The van der Waals surface area contributed by atoms with Crippen molar-refractivity contribution in [3.63, 3.8) is 0 Å². The van der Waals surface area contributed by atoms with E-state index in [2.05, 4.69) is 0 Å². The molecule has 0 saturated carbocycles. The quantitative estimate of drug-likeness (QED) is 0.828. The fourth-order valence-electron chi connectivity index (χ4n) is 3.01. The second-order valence-corrected chi connectivity index (χ2v) is 6.10. The van der Waals surface area contributed by atoms with Gasteiger partial charge in [0.1, 0.15) is 5.75 Å². The molecular formula is C18H25NO5. The summed E-state index contributed by atoms with van der Waals surface area (Å²) in [6, 6.07) is 3.51. The number of hydrogen-bond donors (Lipinski definition) is 1. The minimum Gasteiger partial charge on any atom is -0.481 e. The lowest BCUT2D eigenvalue weighted by molar-refractivity contribution is -0.139. The van der Waals surface area contributed by atoms with Gasteiger partial charge in [-0.25, -0.2) is 4.79 Å². The standard InChI is InChI=1S/C18H25NO5/c1-4-19(10-15-6-5-7-23-15)18(22)14-8-12(2)17(13(3)9-14)24-11-16(20)21/h8-9,15H,4-7,10-11H2,1-3H3,(H,20,21). The summed E-state index contributed by atoms with van der Waals surface area (Å²) in [5, 5.41) is 8.74. The number of aryl methyl sites for hydroxylation is 2. The zero-order valence-corrected chi connectivity index (χ0v) is 14.5. The van der Waals surface area contributed by atoms with Gasteiger partial charge in [0.15, 0.2) is 6.61 Å². The molecule has 0 aromatic heterocycles. The summed E-state index contributed by atoms with van der Waals surface area (Å²) in [6.45, 7) is 7.18. The average molecular weight is 335 g/mol. The van der Waals surface area contributed by atoms with Gasteiger partial charge in [-0.2, -0.15) is 0 Å². The number of aliphatic carboxylic acids is 1. The van der Waals surface area contributed by atoms with Gasteiger partial charge in [-0.1, -0.05) is 0 Å². The van der Waals surface area contributed by atoms with E-state index in [-0.39, 0.29) is 12.0 Å². The largest absolute Gasteiger partial charge is 0.481 e. The predicted octanol–water partition coefficient (Wildman–Crippen LogP) is 2.41. The minimum absolute atomic E-state index is 0.0380. The van der Waals surface area contributed by atoms with Crippen LogP contribution in [0, 0.1) is 13.8 Å². The normalized spacial score (nSPS) is 16.9. The Kier molecular flexibility index (Phi) is 6.20. The zero-order chi connectivity index (χ0) is 17.7. The van der Waals surface area contributed by atoms with Crippen molar-refractivity contribution >= 4 is 11.9 Å². The Morgan fingerprint density at radius 3 is 2.50 bits per heavy atom. The van der Waals surface area contributed by atoms with Crippen molar-refractivity contribution in [1.82, 2.24) is 4.90 Å². The molecule has 1 aromatic rings. The van der Waals surface area contributed by atoms with Crippen LogP contribution in [0.1, 0.15) is 41.3 Å². The van der Waals surface area contributed by atoms with Crippen LogP contribution in [0.25, 0.3) is 0 Å². The average Bonchev–Trinajstić information content (AvgIpc) is 3.03. The molecule has 0 spiro atoms. The van der Waals surface area contributed by atoms with Gasteiger partial charge >= 0.3 is 5.97 Å². The molecule has 1 aliphatic heterocycles. The number of rotatable bonds is 7. The third kappa shape index (κ3) is 4.47. The van der Waals surface area contributed by atoms with Gasteiger partial charge in [0, 0.05) is 25.3 Å². The highest BCUT2D eigenvalue weighted by atomic mass is 16.5. The summed E-state index contributed by atoms with van der Waals surface area (Å²) in [4.78, 5) is 25.2. The van der Waals surface area contributed by atoms with Gasteiger partial charge in [0.05, 0.1) is 6.10 Å². The van der Waals surface area contributed by atoms with Crippen molar-refractivity contribution in [3.8, 4) is 5.75 Å². The summed E-state index contributed by atoms with van der Waals surface area (Å²) >= 11 is 0. The van der Waals surface area contributed by atoms with Crippen molar-refractivity contribution in [3.05, 3.63) is 28.8 Å². The third-order valence-corrected chi connectivity index (χ3v) is 4.16. The third-order valence-electron chi connectivity index (χ3n) is 4.16. The molecule has 1 saturated heterocycles. The molecule has 1 unspecified atom stereocenters. The molecule has 2 rings (SSSR count). The number of ether oxygens (including phenoxy) is 2. The first-order chi connectivity index (χ1) is 11.4. The zero-order valence-electron chi connectivity index (χ0n) is 14.5. The molecule has 0 bridgehead atoms. The molecule has 1 atom stereocenters. The lowest BCUT2D eigenvalue weighted by atomic mass is 10.0. The minimum atomic E-state index is -1.03. The maximum atomic E-state index is 12.8. The number of hydrogen-bond acceptors (Lipinski definition) is 4. The number of carboxylic acids is 1. The second-order valence-electron chi connectivity index (χ2n) is 6.10. The first kappa shape index (κ1) is 18.3. The van der Waals surface area contributed by atoms with E-state index in [0.717, 1.165) is 30.6 Å². The highest BCUT2D eigenvalue weighted by molar-refractivity contribution is 5.95. The summed E-state index contributed by atoms with van der Waals surface area (Å²) in [5.41, 5.74) is 2.10. The number of carbonyl (C=O) groups excluding carboxylic acids is 1. The lowest BCUT2D eigenvalue weighted by Crippen LogP contribution is -2.37. The summed E-state index contributed by atoms with van der Waals surface area (Å²) in [6.07, 6.45) is 2.16. The van der Waals surface area contributed by atoms with Gasteiger partial charge in [0.2, 0.25) is 0 Å². The van der Waals surface area contributed by atoms with Crippen LogP contribution in [0.15, 0.2) is 12.1 Å². The molecule has 1 amide bonds. The molecule has 1 N–H and O–H groups in total. The Morgan fingerprint density at radius 2 is 2.00 bits per heavy atom. The van der Waals surface area contributed by atoms with E-state index in [0.29, 0.717) is 24.4 Å². The van der Waals surface area contributed by atoms with E-state index in [1.165, 1.54) is 0 Å². The van der Waals surface area contributed by atoms with Gasteiger partial charge in [-0.05, 0) is 56.9 Å². The van der Waals surface area contributed by atoms with Crippen molar-refractivity contribution in [2.75, 3.05) is 26.3 Å². The molecular weight excluding hydrogens is 310 g/mol. The summed E-state index contributed by atoms with van der Waals surface area (Å²) in [7, 11) is 0. The fraction of sp³-hybridized carbons (Fsp3) is 0.556. The molecule has 0 aliphatic carbocycles. The highest BCUT2D eigenvalue weighted by Crippen LogP contribution is 2.26. The van der Waals surface area contributed by atoms with Crippen LogP contribution >= 0.6 is 0 Å². The summed E-state index contributed by atoms with van der Waals surface area (Å²) in [5.74, 6) is -0.539. The summed E-state index contributed by atoms with van der Waals surface area (Å²) < 4.78 is 10.9. The number of carbonyl (C=O) groups is 2. The van der Waals surface area contributed by atoms with Crippen LogP contribution in [-0.2, 0) is 9.53 Å². The highest BCUT2D eigenvalue weighted by Gasteiger charge is 2.23. The molecule has 1 heterocycles.